The molecule has 1 heterocycles. The van der Waals surface area contributed by atoms with Gasteiger partial charge in [0.2, 0.25) is 0 Å². The Morgan fingerprint density at radius 1 is 1.50 bits per heavy atom. The molecule has 1 atom stereocenters. The van der Waals surface area contributed by atoms with E-state index in [-0.39, 0.29) is 6.04 Å². The van der Waals surface area contributed by atoms with Gasteiger partial charge >= 0.3 is 0 Å². The summed E-state index contributed by atoms with van der Waals surface area (Å²) >= 11 is 0. The van der Waals surface area contributed by atoms with Crippen molar-refractivity contribution in [3.8, 4) is 5.75 Å². The maximum absolute atomic E-state index is 5.83. The van der Waals surface area contributed by atoms with Crippen molar-refractivity contribution in [1.29, 1.82) is 0 Å². The second kappa shape index (κ2) is 2.79. The van der Waals surface area contributed by atoms with Gasteiger partial charge in [-0.2, -0.15) is 0 Å². The maximum atomic E-state index is 5.83. The van der Waals surface area contributed by atoms with Crippen LogP contribution in [-0.2, 0) is 6.42 Å². The third-order valence-electron chi connectivity index (χ3n) is 2.27. The molecule has 0 bridgehead atoms. The fraction of sp³-hybridized carbons (Fsp3) is 0.400. The van der Waals surface area contributed by atoms with Crippen molar-refractivity contribution in [3.05, 3.63) is 29.3 Å². The van der Waals surface area contributed by atoms with Gasteiger partial charge in [-0.3, -0.25) is 0 Å². The summed E-state index contributed by atoms with van der Waals surface area (Å²) in [5.74, 6) is 1.02. The van der Waals surface area contributed by atoms with E-state index in [9.17, 15) is 0 Å². The van der Waals surface area contributed by atoms with Crippen LogP contribution >= 0.6 is 0 Å². The normalized spacial score (nSPS) is 16.8. The van der Waals surface area contributed by atoms with Crippen molar-refractivity contribution >= 4 is 0 Å². The maximum Gasteiger partial charge on any atom is 0.122 e. The zero-order chi connectivity index (χ0) is 8.55. The lowest BCUT2D eigenvalue weighted by atomic mass is 10.0. The van der Waals surface area contributed by atoms with Crippen LogP contribution in [0.5, 0.6) is 5.75 Å². The van der Waals surface area contributed by atoms with E-state index < -0.39 is 0 Å². The molecule has 0 spiro atoms. The third kappa shape index (κ3) is 1.08. The fourth-order valence-corrected chi connectivity index (χ4v) is 1.68. The lowest BCUT2D eigenvalue weighted by molar-refractivity contribution is 0.357. The van der Waals surface area contributed by atoms with Gasteiger partial charge in [-0.05, 0) is 18.6 Å². The molecule has 0 fully saturated rings. The molecular formula is C10H13NO. The Balaban J connectivity index is 2.49. The fourth-order valence-electron chi connectivity index (χ4n) is 1.68. The highest BCUT2D eigenvalue weighted by molar-refractivity contribution is 5.43. The van der Waals surface area contributed by atoms with E-state index in [1.165, 1.54) is 11.1 Å². The van der Waals surface area contributed by atoms with Crippen LogP contribution in [-0.4, -0.2) is 6.61 Å². The molecule has 1 aromatic rings. The molecule has 2 heteroatoms. The molecule has 0 radical (unpaired) electrons. The molecule has 12 heavy (non-hydrogen) atoms. The first kappa shape index (κ1) is 7.62. The Bertz CT molecular complexity index is 294. The summed E-state index contributed by atoms with van der Waals surface area (Å²) in [7, 11) is 0. The topological polar surface area (TPSA) is 35.2 Å². The second-order valence-corrected chi connectivity index (χ2v) is 3.21. The Morgan fingerprint density at radius 3 is 3.08 bits per heavy atom. The minimum absolute atomic E-state index is 0.113. The summed E-state index contributed by atoms with van der Waals surface area (Å²) in [5.41, 5.74) is 8.36. The summed E-state index contributed by atoms with van der Waals surface area (Å²) < 4.78 is 5.43. The van der Waals surface area contributed by atoms with E-state index in [1.807, 2.05) is 19.1 Å². The van der Waals surface area contributed by atoms with E-state index in [0.717, 1.165) is 18.8 Å². The van der Waals surface area contributed by atoms with Crippen molar-refractivity contribution in [2.24, 2.45) is 5.73 Å². The number of nitrogens with two attached hydrogens (primary N) is 1. The van der Waals surface area contributed by atoms with Gasteiger partial charge < -0.3 is 10.5 Å². The van der Waals surface area contributed by atoms with Gasteiger partial charge in [0.15, 0.2) is 0 Å². The Kier molecular flexibility index (Phi) is 1.77. The van der Waals surface area contributed by atoms with Crippen molar-refractivity contribution in [2.75, 3.05) is 6.61 Å². The molecular weight excluding hydrogens is 150 g/mol. The van der Waals surface area contributed by atoms with Gasteiger partial charge in [0.05, 0.1) is 6.61 Å². The molecule has 0 aliphatic carbocycles. The first-order chi connectivity index (χ1) is 5.79. The van der Waals surface area contributed by atoms with E-state index in [4.69, 9.17) is 10.5 Å². The zero-order valence-corrected chi connectivity index (χ0v) is 7.21. The highest BCUT2D eigenvalue weighted by atomic mass is 16.5. The number of hydrogen-bond acceptors (Lipinski definition) is 2. The minimum atomic E-state index is 0.113. The lowest BCUT2D eigenvalue weighted by Crippen LogP contribution is -2.07. The SMILES string of the molecule is C[C@@H](N)c1cccc2c1CCO2. The summed E-state index contributed by atoms with van der Waals surface area (Å²) in [6, 6.07) is 6.21. The average Bonchev–Trinajstić information content (AvgIpc) is 2.49. The Morgan fingerprint density at radius 2 is 2.33 bits per heavy atom. The standard InChI is InChI=1S/C10H13NO/c1-7(11)8-3-2-4-10-9(8)5-6-12-10/h2-4,7H,5-6,11H2,1H3/t7-/m1/s1. The van der Waals surface area contributed by atoms with Gasteiger partial charge in [-0.1, -0.05) is 12.1 Å². The smallest absolute Gasteiger partial charge is 0.122 e. The van der Waals surface area contributed by atoms with Crippen LogP contribution in [0.2, 0.25) is 0 Å². The Labute approximate surface area is 72.3 Å². The second-order valence-electron chi connectivity index (χ2n) is 3.21. The predicted molar refractivity (Wildman–Crippen MR) is 48.2 cm³/mol. The van der Waals surface area contributed by atoms with E-state index >= 15 is 0 Å². The monoisotopic (exact) mass is 163 g/mol. The zero-order valence-electron chi connectivity index (χ0n) is 7.21. The van der Waals surface area contributed by atoms with E-state index in [2.05, 4.69) is 6.07 Å². The molecule has 0 aromatic heterocycles. The first-order valence-electron chi connectivity index (χ1n) is 4.29. The van der Waals surface area contributed by atoms with Gasteiger partial charge in [0, 0.05) is 18.0 Å². The average molecular weight is 163 g/mol. The Hall–Kier alpha value is -1.02. The van der Waals surface area contributed by atoms with Crippen LogP contribution in [0.3, 0.4) is 0 Å². The first-order valence-corrected chi connectivity index (χ1v) is 4.29. The van der Waals surface area contributed by atoms with Gasteiger partial charge in [0.25, 0.3) is 0 Å². The molecule has 1 aliphatic rings. The largest absolute Gasteiger partial charge is 0.493 e. The van der Waals surface area contributed by atoms with Crippen LogP contribution in [0.1, 0.15) is 24.1 Å². The molecule has 2 rings (SSSR count). The summed E-state index contributed by atoms with van der Waals surface area (Å²) in [6.07, 6.45) is 1.01. The van der Waals surface area contributed by atoms with Crippen LogP contribution in [0.15, 0.2) is 18.2 Å². The van der Waals surface area contributed by atoms with Crippen molar-refractivity contribution in [1.82, 2.24) is 0 Å². The van der Waals surface area contributed by atoms with Crippen molar-refractivity contribution in [2.45, 2.75) is 19.4 Å². The number of ether oxygens (including phenoxy) is 1. The molecule has 0 amide bonds. The van der Waals surface area contributed by atoms with Crippen molar-refractivity contribution in [3.63, 3.8) is 0 Å². The van der Waals surface area contributed by atoms with Crippen LogP contribution < -0.4 is 10.5 Å². The van der Waals surface area contributed by atoms with Crippen LogP contribution in [0.25, 0.3) is 0 Å². The summed E-state index contributed by atoms with van der Waals surface area (Å²) in [5, 5.41) is 0. The van der Waals surface area contributed by atoms with E-state index in [1.54, 1.807) is 0 Å². The number of hydrogen-bond donors (Lipinski definition) is 1. The quantitative estimate of drug-likeness (QED) is 0.683. The molecule has 1 aliphatic heterocycles. The molecule has 0 saturated heterocycles. The number of benzene rings is 1. The van der Waals surface area contributed by atoms with Crippen LogP contribution in [0, 0.1) is 0 Å². The highest BCUT2D eigenvalue weighted by Crippen LogP contribution is 2.30. The minimum Gasteiger partial charge on any atom is -0.493 e. The number of rotatable bonds is 1. The molecule has 0 saturated carbocycles. The molecule has 1 aromatic carbocycles. The highest BCUT2D eigenvalue weighted by Gasteiger charge is 2.16. The summed E-state index contributed by atoms with van der Waals surface area (Å²) in [4.78, 5) is 0. The molecule has 2 N–H and O–H groups in total. The molecule has 2 nitrogen and oxygen atoms in total. The predicted octanol–water partition coefficient (Wildman–Crippen LogP) is 1.64. The third-order valence-corrected chi connectivity index (χ3v) is 2.27. The van der Waals surface area contributed by atoms with E-state index in [0.29, 0.717) is 0 Å². The lowest BCUT2D eigenvalue weighted by Gasteiger charge is -2.09. The van der Waals surface area contributed by atoms with Crippen LogP contribution in [0.4, 0.5) is 0 Å². The number of fused-ring (bicyclic) bond motifs is 1. The molecule has 64 valence electrons. The van der Waals surface area contributed by atoms with Crippen molar-refractivity contribution < 1.29 is 4.74 Å². The van der Waals surface area contributed by atoms with Gasteiger partial charge in [-0.15, -0.1) is 0 Å². The van der Waals surface area contributed by atoms with Gasteiger partial charge in [0.1, 0.15) is 5.75 Å². The van der Waals surface area contributed by atoms with Gasteiger partial charge in [-0.25, -0.2) is 0 Å². The summed E-state index contributed by atoms with van der Waals surface area (Å²) in [6.45, 7) is 2.81. The molecule has 0 unspecified atom stereocenters.